The Labute approximate surface area is 76.5 Å². The summed E-state index contributed by atoms with van der Waals surface area (Å²) in [7, 11) is 0. The van der Waals surface area contributed by atoms with Gasteiger partial charge in [-0.3, -0.25) is 10.7 Å². The molecule has 4 heteroatoms. The Kier molecular flexibility index (Phi) is 3.42. The van der Waals surface area contributed by atoms with Gasteiger partial charge in [0.2, 0.25) is 0 Å². The van der Waals surface area contributed by atoms with E-state index in [1.165, 1.54) is 0 Å². The molecule has 0 heterocycles. The van der Waals surface area contributed by atoms with Gasteiger partial charge in [-0.15, -0.1) is 0 Å². The van der Waals surface area contributed by atoms with Crippen LogP contribution in [0.4, 0.5) is 5.69 Å². The predicted molar refractivity (Wildman–Crippen MR) is 50.2 cm³/mol. The molecule has 0 saturated carbocycles. The molecule has 0 amide bonds. The number of aliphatic imine (C=N–C) groups is 1. The third-order valence-corrected chi connectivity index (χ3v) is 1.67. The van der Waals surface area contributed by atoms with Crippen molar-refractivity contribution in [3.63, 3.8) is 0 Å². The van der Waals surface area contributed by atoms with E-state index in [1.54, 1.807) is 6.07 Å². The molecule has 0 aliphatic rings. The van der Waals surface area contributed by atoms with Gasteiger partial charge in [0, 0.05) is 5.56 Å². The first-order valence-electron chi connectivity index (χ1n) is 3.90. The number of benzene rings is 1. The molecule has 1 aromatic carbocycles. The number of nitrogens with one attached hydrogen (secondary N) is 1. The fourth-order valence-corrected chi connectivity index (χ4v) is 1.07. The zero-order chi connectivity index (χ0) is 9.68. The number of aryl methyl sites for hydroxylation is 1. The maximum absolute atomic E-state index is 8.99. The maximum atomic E-state index is 8.99. The number of hydrogen-bond donors (Lipinski definition) is 3. The molecule has 3 N–H and O–H groups in total. The highest BCUT2D eigenvalue weighted by atomic mass is 16.5. The first kappa shape index (κ1) is 9.70. The van der Waals surface area contributed by atoms with Crippen molar-refractivity contribution in [2.45, 2.75) is 13.5 Å². The topological polar surface area (TPSA) is 64.9 Å². The summed E-state index contributed by atoms with van der Waals surface area (Å²) < 4.78 is 0. The molecule has 1 aromatic rings. The molecule has 0 aliphatic carbocycles. The quantitative estimate of drug-likeness (QED) is 0.371. The standard InChI is InChI=1S/C9H12N2O2/c1-7-2-3-9(10-6-11-13)8(4-7)5-12/h2-4,6,12-13H,5H2,1H3,(H,10,11). The summed E-state index contributed by atoms with van der Waals surface area (Å²) >= 11 is 0. The number of hydroxylamine groups is 1. The van der Waals surface area contributed by atoms with Gasteiger partial charge in [0.05, 0.1) is 12.3 Å². The SMILES string of the molecule is Cc1ccc(N=CNO)c(CO)c1. The van der Waals surface area contributed by atoms with Gasteiger partial charge in [-0.2, -0.15) is 0 Å². The molecule has 0 bridgehead atoms. The fourth-order valence-electron chi connectivity index (χ4n) is 1.07. The molecular weight excluding hydrogens is 168 g/mol. The van der Waals surface area contributed by atoms with Crippen molar-refractivity contribution in [1.29, 1.82) is 0 Å². The molecule has 0 unspecified atom stereocenters. The van der Waals surface area contributed by atoms with Crippen LogP contribution in [-0.4, -0.2) is 16.7 Å². The highest BCUT2D eigenvalue weighted by Gasteiger charge is 1.98. The zero-order valence-electron chi connectivity index (χ0n) is 7.36. The summed E-state index contributed by atoms with van der Waals surface area (Å²) in [6, 6.07) is 5.53. The second-order valence-corrected chi connectivity index (χ2v) is 2.68. The van der Waals surface area contributed by atoms with E-state index in [-0.39, 0.29) is 6.61 Å². The van der Waals surface area contributed by atoms with Crippen molar-refractivity contribution in [2.24, 2.45) is 4.99 Å². The van der Waals surface area contributed by atoms with Crippen LogP contribution in [0.25, 0.3) is 0 Å². The lowest BCUT2D eigenvalue weighted by Crippen LogP contribution is -2.01. The van der Waals surface area contributed by atoms with Crippen LogP contribution in [-0.2, 0) is 6.61 Å². The molecule has 0 aromatic heterocycles. The van der Waals surface area contributed by atoms with Gasteiger partial charge in [-0.25, -0.2) is 4.99 Å². The lowest BCUT2D eigenvalue weighted by atomic mass is 10.1. The number of nitrogens with zero attached hydrogens (tertiary/aromatic N) is 1. The summed E-state index contributed by atoms with van der Waals surface area (Å²) in [6.45, 7) is 1.89. The van der Waals surface area contributed by atoms with E-state index in [0.717, 1.165) is 17.5 Å². The predicted octanol–water partition coefficient (Wildman–Crippen LogP) is 1.13. The fraction of sp³-hybridized carbons (Fsp3) is 0.222. The van der Waals surface area contributed by atoms with Gasteiger partial charge >= 0.3 is 0 Å². The Balaban J connectivity index is 2.99. The van der Waals surface area contributed by atoms with Crippen molar-refractivity contribution >= 4 is 12.0 Å². The molecule has 1 rings (SSSR count). The highest BCUT2D eigenvalue weighted by Crippen LogP contribution is 2.19. The molecule has 0 aliphatic heterocycles. The van der Waals surface area contributed by atoms with E-state index in [9.17, 15) is 0 Å². The molecule has 0 radical (unpaired) electrons. The number of hydrogen-bond acceptors (Lipinski definition) is 3. The molecule has 70 valence electrons. The van der Waals surface area contributed by atoms with Crippen LogP contribution in [0.3, 0.4) is 0 Å². The van der Waals surface area contributed by atoms with Crippen LogP contribution < -0.4 is 5.48 Å². The molecule has 0 atom stereocenters. The van der Waals surface area contributed by atoms with Gasteiger partial charge in [0.1, 0.15) is 6.34 Å². The monoisotopic (exact) mass is 180 g/mol. The van der Waals surface area contributed by atoms with Crippen LogP contribution in [0.1, 0.15) is 11.1 Å². The normalized spacial score (nSPS) is 10.7. The van der Waals surface area contributed by atoms with Gasteiger partial charge in [0.25, 0.3) is 0 Å². The van der Waals surface area contributed by atoms with Crippen molar-refractivity contribution in [3.8, 4) is 0 Å². The zero-order valence-corrected chi connectivity index (χ0v) is 7.36. The van der Waals surface area contributed by atoms with E-state index in [0.29, 0.717) is 5.69 Å². The van der Waals surface area contributed by atoms with Crippen molar-refractivity contribution < 1.29 is 10.3 Å². The Morgan fingerprint density at radius 1 is 1.54 bits per heavy atom. The molecular formula is C9H12N2O2. The first-order valence-corrected chi connectivity index (χ1v) is 3.90. The Hall–Kier alpha value is -1.39. The Bertz CT molecular complexity index is 310. The largest absolute Gasteiger partial charge is 0.392 e. The maximum Gasteiger partial charge on any atom is 0.113 e. The molecule has 13 heavy (non-hydrogen) atoms. The smallest absolute Gasteiger partial charge is 0.113 e. The molecule has 0 saturated heterocycles. The minimum absolute atomic E-state index is 0.0558. The number of aliphatic hydroxyl groups is 1. The summed E-state index contributed by atoms with van der Waals surface area (Å²) in [5.41, 5.74) is 4.27. The van der Waals surface area contributed by atoms with Crippen molar-refractivity contribution in [3.05, 3.63) is 29.3 Å². The Morgan fingerprint density at radius 2 is 2.31 bits per heavy atom. The second kappa shape index (κ2) is 4.59. The summed E-state index contributed by atoms with van der Waals surface area (Å²) in [4.78, 5) is 3.89. The van der Waals surface area contributed by atoms with Crippen LogP contribution >= 0.6 is 0 Å². The lowest BCUT2D eigenvalue weighted by Gasteiger charge is -2.02. The third-order valence-electron chi connectivity index (χ3n) is 1.67. The van der Waals surface area contributed by atoms with Gasteiger partial charge in [-0.05, 0) is 13.0 Å². The van der Waals surface area contributed by atoms with E-state index in [4.69, 9.17) is 10.3 Å². The van der Waals surface area contributed by atoms with Gasteiger partial charge < -0.3 is 5.11 Å². The second-order valence-electron chi connectivity index (χ2n) is 2.68. The van der Waals surface area contributed by atoms with Gasteiger partial charge in [0.15, 0.2) is 0 Å². The molecule has 0 spiro atoms. The van der Waals surface area contributed by atoms with Crippen LogP contribution in [0.2, 0.25) is 0 Å². The van der Waals surface area contributed by atoms with Gasteiger partial charge in [-0.1, -0.05) is 17.7 Å². The van der Waals surface area contributed by atoms with Crippen molar-refractivity contribution in [2.75, 3.05) is 0 Å². The van der Waals surface area contributed by atoms with Crippen LogP contribution in [0.5, 0.6) is 0 Å². The van der Waals surface area contributed by atoms with E-state index >= 15 is 0 Å². The minimum atomic E-state index is -0.0558. The van der Waals surface area contributed by atoms with Crippen LogP contribution in [0.15, 0.2) is 23.2 Å². The summed E-state index contributed by atoms with van der Waals surface area (Å²) in [5, 5.41) is 17.3. The van der Waals surface area contributed by atoms with E-state index in [1.807, 2.05) is 24.5 Å². The van der Waals surface area contributed by atoms with E-state index in [2.05, 4.69) is 4.99 Å². The lowest BCUT2D eigenvalue weighted by molar-refractivity contribution is 0.240. The molecule has 4 nitrogen and oxygen atoms in total. The average Bonchev–Trinajstić information content (AvgIpc) is 2.16. The average molecular weight is 180 g/mol. The number of aliphatic hydroxyl groups excluding tert-OH is 1. The van der Waals surface area contributed by atoms with Crippen LogP contribution in [0, 0.1) is 6.92 Å². The summed E-state index contributed by atoms with van der Waals surface area (Å²) in [6.07, 6.45) is 1.16. The van der Waals surface area contributed by atoms with Crippen molar-refractivity contribution in [1.82, 2.24) is 5.48 Å². The summed E-state index contributed by atoms with van der Waals surface area (Å²) in [5.74, 6) is 0. The third kappa shape index (κ3) is 2.54. The number of rotatable bonds is 3. The highest BCUT2D eigenvalue weighted by molar-refractivity contribution is 5.62. The van der Waals surface area contributed by atoms with E-state index < -0.39 is 0 Å². The molecule has 0 fully saturated rings. The first-order chi connectivity index (χ1) is 6.27. The minimum Gasteiger partial charge on any atom is -0.392 e. The Morgan fingerprint density at radius 3 is 2.92 bits per heavy atom.